The molecule has 5 saturated carbocycles. The lowest BCUT2D eigenvalue weighted by Crippen LogP contribution is -2.75. The summed E-state index contributed by atoms with van der Waals surface area (Å²) in [5.41, 5.74) is 1.63. The fraction of sp³-hybridized carbons (Fsp3) is 0.920. The van der Waals surface area contributed by atoms with E-state index in [1.165, 1.54) is 31.3 Å². The molecule has 5 unspecified atom stereocenters. The van der Waals surface area contributed by atoms with Gasteiger partial charge in [0.15, 0.2) is 23.6 Å². The van der Waals surface area contributed by atoms with Crippen LogP contribution in [0.3, 0.4) is 0 Å². The molecule has 0 aromatic carbocycles. The molecule has 0 aromatic heterocycles. The average Bonchev–Trinajstić information content (AvgIpc) is 3.58. The molecule has 12 heteroatoms. The van der Waals surface area contributed by atoms with E-state index in [1.807, 2.05) is 0 Å². The smallest absolute Gasteiger partial charge is 0.165 e. The van der Waals surface area contributed by atoms with Crippen LogP contribution in [0.15, 0.2) is 12.2 Å². The number of nitrogens with zero attached hydrogens (tertiary/aromatic N) is 4. The number of carboxylic acid groups (broad SMARTS) is 2. The van der Waals surface area contributed by atoms with Gasteiger partial charge >= 0.3 is 0 Å². The Morgan fingerprint density at radius 1 is 0.710 bits per heavy atom. The summed E-state index contributed by atoms with van der Waals surface area (Å²) >= 11 is 31.3. The van der Waals surface area contributed by atoms with Crippen molar-refractivity contribution in [1.29, 1.82) is 0 Å². The summed E-state index contributed by atoms with van der Waals surface area (Å²) in [4.78, 5) is 27.8. The van der Waals surface area contributed by atoms with Crippen LogP contribution in [0.5, 0.6) is 0 Å². The zero-order valence-electron chi connectivity index (χ0n) is 38.9. The predicted molar refractivity (Wildman–Crippen MR) is 245 cm³/mol. The van der Waals surface area contributed by atoms with E-state index in [2.05, 4.69) is 57.9 Å². The largest absolute Gasteiger partial charge is 0.550 e. The highest BCUT2D eigenvalue weighted by Gasteiger charge is 2.73. The average molecular weight is 941 g/mol. The minimum atomic E-state index is -1.02. The van der Waals surface area contributed by atoms with Gasteiger partial charge in [0.1, 0.15) is 43.1 Å². The number of halogens is 4. The number of allylic oxidation sites excluding steroid dienone is 1. The number of hydrogen-bond donors (Lipinski definition) is 0. The van der Waals surface area contributed by atoms with E-state index in [-0.39, 0.29) is 57.9 Å². The molecule has 8 nitrogen and oxygen atoms in total. The maximum atomic E-state index is 12.2. The van der Waals surface area contributed by atoms with Crippen molar-refractivity contribution in [3.63, 3.8) is 0 Å². The quantitative estimate of drug-likeness (QED) is 0.112. The number of hydrogen-bond acceptors (Lipinski definition) is 6. The van der Waals surface area contributed by atoms with E-state index in [0.29, 0.717) is 50.4 Å². The normalized spacial score (nSPS) is 50.9. The first-order valence-electron chi connectivity index (χ1n) is 24.9. The van der Waals surface area contributed by atoms with Crippen molar-refractivity contribution in [2.24, 2.45) is 62.6 Å². The second-order valence-electron chi connectivity index (χ2n) is 24.7. The van der Waals surface area contributed by atoms with Gasteiger partial charge in [-0.15, -0.1) is 23.2 Å². The standard InChI is InChI=1S/C50H78Cl4N4O4/c1-33(2)34-10-17-48(32-49(51,18-13-41(59)60)39-30-55-22-26-57(39,53)27-23-55)21-20-46(6)35(43(34)48)8-9-38-45(5)15-11-37(44(3,4)36(45)12-16-47(38,46)7)50(52,19-14-42(61)62)40-31-56-24-28-58(40,54)29-25-56/h34-40,43H,1,8-32H2,2-7H3/t34-,35+,36-,37?,38+,39?,40?,43+,45-,46+,47+,48+,49?,50?/m0/s1. The van der Waals surface area contributed by atoms with Crippen LogP contribution in [0.25, 0.3) is 0 Å². The Morgan fingerprint density at radius 2 is 1.29 bits per heavy atom. The number of piperazine rings is 6. The molecule has 350 valence electrons. The number of alkyl halides is 2. The highest BCUT2D eigenvalue weighted by Crippen LogP contribution is 2.79. The lowest BCUT2D eigenvalue weighted by atomic mass is 9.31. The van der Waals surface area contributed by atoms with E-state index in [1.54, 1.807) is 0 Å². The highest BCUT2D eigenvalue weighted by atomic mass is 35.5. The number of aliphatic carboxylic acids is 2. The Bertz CT molecular complexity index is 1800. The van der Waals surface area contributed by atoms with Crippen LogP contribution in [0.1, 0.15) is 138 Å². The molecule has 11 aliphatic rings. The van der Waals surface area contributed by atoms with Gasteiger partial charge in [0.2, 0.25) is 0 Å². The van der Waals surface area contributed by atoms with Crippen molar-refractivity contribution in [2.75, 3.05) is 65.4 Å². The molecule has 14 atom stereocenters. The maximum Gasteiger partial charge on any atom is 0.165 e. The molecule has 11 rings (SSSR count). The van der Waals surface area contributed by atoms with Crippen molar-refractivity contribution < 1.29 is 27.8 Å². The van der Waals surface area contributed by atoms with Crippen LogP contribution in [-0.4, -0.2) is 117 Å². The minimum Gasteiger partial charge on any atom is -0.550 e. The van der Waals surface area contributed by atoms with Crippen LogP contribution in [0.2, 0.25) is 0 Å². The zero-order chi connectivity index (χ0) is 44.7. The first-order chi connectivity index (χ1) is 28.9. The van der Waals surface area contributed by atoms with Gasteiger partial charge in [-0.3, -0.25) is 9.80 Å². The summed E-state index contributed by atoms with van der Waals surface area (Å²) in [7, 11) is 0. The van der Waals surface area contributed by atoms with E-state index in [0.717, 1.165) is 110 Å². The van der Waals surface area contributed by atoms with Gasteiger partial charge in [-0.25, -0.2) is 8.00 Å². The highest BCUT2D eigenvalue weighted by molar-refractivity contribution is 6.25. The molecule has 0 N–H and O–H groups in total. The summed E-state index contributed by atoms with van der Waals surface area (Å²) in [5.74, 6) is 0.564. The Balaban J connectivity index is 1.03. The van der Waals surface area contributed by atoms with Gasteiger partial charge in [-0.05, 0) is 166 Å². The van der Waals surface area contributed by atoms with Crippen LogP contribution in [0.4, 0.5) is 0 Å². The van der Waals surface area contributed by atoms with Crippen LogP contribution >= 0.6 is 46.8 Å². The molecule has 0 radical (unpaired) electrons. The number of carbonyl (C=O) groups is 2. The molecular formula is C50H78Cl4N4O4. The third-order valence-corrected chi connectivity index (χ3v) is 24.7. The monoisotopic (exact) mass is 938 g/mol. The molecule has 0 spiro atoms. The molecule has 11 fully saturated rings. The number of carboxylic acids is 2. The third-order valence-electron chi connectivity index (χ3n) is 22.2. The zero-order valence-corrected chi connectivity index (χ0v) is 42.0. The fourth-order valence-electron chi connectivity index (χ4n) is 19.2. The molecule has 62 heavy (non-hydrogen) atoms. The Hall–Kier alpha value is -0.320. The summed E-state index contributed by atoms with van der Waals surface area (Å²) in [5, 5.41) is 24.3. The maximum absolute atomic E-state index is 12.2. The van der Waals surface area contributed by atoms with Crippen molar-refractivity contribution in [2.45, 2.75) is 160 Å². The van der Waals surface area contributed by atoms with Crippen LogP contribution in [-0.2, 0) is 9.59 Å². The third kappa shape index (κ3) is 6.89. The fourth-order valence-corrected chi connectivity index (χ4v) is 21.4. The number of quaternary nitrogens is 2. The van der Waals surface area contributed by atoms with Crippen LogP contribution in [0, 0.1) is 62.6 Å². The SMILES string of the molecule is C=C(C)[C@@H]1CC[C@]2(CC(Cl)(CCC(=O)[O-])C3CN4CC[N+]3(Cl)CC4)CC[C@]3(C)[C@H](CC[C@@H]4[C@@]5(C)CCC(C(Cl)(CCC(=O)[O-])C6CN7CC[N+]6(Cl)CC7)C(C)(C)[C@@H]5CC[C@]43C)[C@@H]12. The van der Waals surface area contributed by atoms with Gasteiger partial charge in [-0.1, -0.05) is 46.8 Å². The second kappa shape index (κ2) is 15.6. The van der Waals surface area contributed by atoms with Crippen LogP contribution < -0.4 is 10.2 Å². The van der Waals surface area contributed by atoms with E-state index >= 15 is 0 Å². The first kappa shape index (κ1) is 46.8. The molecule has 6 aliphatic heterocycles. The number of fused-ring (bicyclic) bond motifs is 13. The number of rotatable bonds is 12. The molecule has 0 aromatic rings. The Morgan fingerprint density at radius 3 is 1.85 bits per heavy atom. The van der Waals surface area contributed by atoms with Crippen molar-refractivity contribution in [1.82, 2.24) is 9.80 Å². The van der Waals surface area contributed by atoms with Crippen molar-refractivity contribution in [3.8, 4) is 0 Å². The van der Waals surface area contributed by atoms with E-state index < -0.39 is 21.7 Å². The van der Waals surface area contributed by atoms with Gasteiger partial charge in [0, 0.05) is 38.1 Å². The van der Waals surface area contributed by atoms with Crippen molar-refractivity contribution >= 4 is 58.7 Å². The van der Waals surface area contributed by atoms with Gasteiger partial charge < -0.3 is 19.8 Å². The molecule has 0 amide bonds. The van der Waals surface area contributed by atoms with Crippen molar-refractivity contribution in [3.05, 3.63) is 12.2 Å². The molecule has 5 aliphatic carbocycles. The number of carbonyl (C=O) groups excluding carboxylic acids is 2. The Labute approximate surface area is 394 Å². The first-order valence-corrected chi connectivity index (χ1v) is 26.3. The lowest BCUT2D eigenvalue weighted by Gasteiger charge is -2.74. The van der Waals surface area contributed by atoms with E-state index in [9.17, 15) is 19.8 Å². The van der Waals surface area contributed by atoms with Gasteiger partial charge in [0.05, 0.1) is 18.0 Å². The van der Waals surface area contributed by atoms with Gasteiger partial charge in [0.25, 0.3) is 0 Å². The summed E-state index contributed by atoms with van der Waals surface area (Å²) in [6.45, 7) is 28.9. The summed E-state index contributed by atoms with van der Waals surface area (Å²) in [6, 6.07) is -0.0408. The second-order valence-corrected chi connectivity index (χ2v) is 27.5. The summed E-state index contributed by atoms with van der Waals surface area (Å²) < 4.78 is 0.866. The molecule has 6 saturated heterocycles. The Kier molecular flexibility index (Phi) is 11.8. The molecular weight excluding hydrogens is 862 g/mol. The lowest BCUT2D eigenvalue weighted by molar-refractivity contribution is -0.863. The molecule has 4 bridgehead atoms. The predicted octanol–water partition coefficient (Wildman–Crippen LogP) is 8.00. The van der Waals surface area contributed by atoms with E-state index in [4.69, 9.17) is 46.8 Å². The minimum absolute atomic E-state index is 0.0115. The summed E-state index contributed by atoms with van der Waals surface area (Å²) in [6.07, 6.45) is 12.9. The topological polar surface area (TPSA) is 86.7 Å². The van der Waals surface area contributed by atoms with Gasteiger partial charge in [-0.2, -0.15) is 0 Å². The molecule has 6 heterocycles.